The summed E-state index contributed by atoms with van der Waals surface area (Å²) in [6, 6.07) is 5.15. The molecule has 0 saturated carbocycles. The number of amides is 2. The average Bonchev–Trinajstić information content (AvgIpc) is 2.61. The van der Waals surface area contributed by atoms with Gasteiger partial charge >= 0.3 is 12.4 Å². The van der Waals surface area contributed by atoms with Gasteiger partial charge in [-0.3, -0.25) is 9.59 Å². The van der Waals surface area contributed by atoms with Crippen LogP contribution < -0.4 is 10.6 Å². The molecule has 0 bridgehead atoms. The maximum Gasteiger partial charge on any atom is 0.416 e. The standard InChI is InChI=1S/C18H13ClF6N2O2/c1-9(15(28)27-14-4-2-13(19)3-5-14)26-16(29)10-6-11(17(20,21)22)8-12(7-10)18(23,24)25/h2-9H,1H3,(H,26,29)(H,27,28)/t9-/m0/s1. The Bertz CT molecular complexity index is 878. The first kappa shape index (κ1) is 22.5. The minimum atomic E-state index is -5.09. The molecule has 4 nitrogen and oxygen atoms in total. The molecule has 0 heterocycles. The highest BCUT2D eigenvalue weighted by Crippen LogP contribution is 2.36. The van der Waals surface area contributed by atoms with Crippen LogP contribution in [0.1, 0.15) is 28.4 Å². The van der Waals surface area contributed by atoms with Crippen molar-refractivity contribution in [2.24, 2.45) is 0 Å². The molecule has 1 atom stereocenters. The Hall–Kier alpha value is -2.75. The first-order chi connectivity index (χ1) is 13.3. The van der Waals surface area contributed by atoms with Crippen LogP contribution in [0.5, 0.6) is 0 Å². The Labute approximate surface area is 165 Å². The fraction of sp³-hybridized carbons (Fsp3) is 0.222. The van der Waals surface area contributed by atoms with Crippen molar-refractivity contribution < 1.29 is 35.9 Å². The number of hydrogen-bond acceptors (Lipinski definition) is 2. The first-order valence-corrected chi connectivity index (χ1v) is 8.32. The number of rotatable bonds is 4. The van der Waals surface area contributed by atoms with Crippen LogP contribution in [0.3, 0.4) is 0 Å². The molecular weight excluding hydrogens is 426 g/mol. The van der Waals surface area contributed by atoms with Crippen molar-refractivity contribution in [3.63, 3.8) is 0 Å². The molecule has 0 unspecified atom stereocenters. The molecule has 29 heavy (non-hydrogen) atoms. The maximum absolute atomic E-state index is 12.9. The molecule has 2 aromatic carbocycles. The molecule has 2 aromatic rings. The average molecular weight is 439 g/mol. The van der Waals surface area contributed by atoms with Crippen LogP contribution in [0.2, 0.25) is 5.02 Å². The van der Waals surface area contributed by atoms with E-state index in [9.17, 15) is 35.9 Å². The van der Waals surface area contributed by atoms with E-state index < -0.39 is 46.9 Å². The van der Waals surface area contributed by atoms with Crippen LogP contribution in [0, 0.1) is 0 Å². The van der Waals surface area contributed by atoms with Gasteiger partial charge in [0.15, 0.2) is 0 Å². The summed E-state index contributed by atoms with van der Waals surface area (Å²) in [7, 11) is 0. The second-order valence-electron chi connectivity index (χ2n) is 5.99. The van der Waals surface area contributed by atoms with E-state index in [1.165, 1.54) is 31.2 Å². The van der Waals surface area contributed by atoms with Crippen molar-refractivity contribution in [1.29, 1.82) is 0 Å². The van der Waals surface area contributed by atoms with Crippen molar-refractivity contribution >= 4 is 29.1 Å². The molecular formula is C18H13ClF6N2O2. The van der Waals surface area contributed by atoms with Gasteiger partial charge in [0.2, 0.25) is 5.91 Å². The van der Waals surface area contributed by atoms with Crippen molar-refractivity contribution in [2.45, 2.75) is 25.3 Å². The minimum Gasteiger partial charge on any atom is -0.341 e. The quantitative estimate of drug-likeness (QED) is 0.650. The molecule has 156 valence electrons. The number of carbonyl (C=O) groups is 2. The van der Waals surface area contributed by atoms with Crippen molar-refractivity contribution in [3.05, 3.63) is 64.2 Å². The number of anilines is 1. The molecule has 11 heteroatoms. The first-order valence-electron chi connectivity index (χ1n) is 7.94. The zero-order chi connectivity index (χ0) is 22.0. The van der Waals surface area contributed by atoms with Crippen molar-refractivity contribution in [2.75, 3.05) is 5.32 Å². The third kappa shape index (κ3) is 6.11. The van der Waals surface area contributed by atoms with Crippen LogP contribution in [0.4, 0.5) is 32.0 Å². The predicted molar refractivity (Wildman–Crippen MR) is 93.5 cm³/mol. The van der Waals surface area contributed by atoms with Gasteiger partial charge < -0.3 is 10.6 Å². The number of hydrogen-bond donors (Lipinski definition) is 2. The van der Waals surface area contributed by atoms with Crippen LogP contribution in [0.15, 0.2) is 42.5 Å². The fourth-order valence-corrected chi connectivity index (χ4v) is 2.34. The zero-order valence-electron chi connectivity index (χ0n) is 14.6. The highest BCUT2D eigenvalue weighted by molar-refractivity contribution is 6.30. The van der Waals surface area contributed by atoms with Crippen LogP contribution in [-0.4, -0.2) is 17.9 Å². The summed E-state index contributed by atoms with van der Waals surface area (Å²) in [5.74, 6) is -2.00. The molecule has 0 aromatic heterocycles. The Morgan fingerprint density at radius 2 is 1.38 bits per heavy atom. The van der Waals surface area contributed by atoms with Gasteiger partial charge in [-0.25, -0.2) is 0 Å². The van der Waals surface area contributed by atoms with Crippen molar-refractivity contribution in [3.8, 4) is 0 Å². The molecule has 0 fully saturated rings. The lowest BCUT2D eigenvalue weighted by Crippen LogP contribution is -2.41. The van der Waals surface area contributed by atoms with Crippen LogP contribution in [0.25, 0.3) is 0 Å². The van der Waals surface area contributed by atoms with E-state index in [1.807, 2.05) is 0 Å². The lowest BCUT2D eigenvalue weighted by atomic mass is 10.0. The zero-order valence-corrected chi connectivity index (χ0v) is 15.3. The van der Waals surface area contributed by atoms with Gasteiger partial charge in [-0.15, -0.1) is 0 Å². The smallest absolute Gasteiger partial charge is 0.341 e. The Balaban J connectivity index is 2.20. The van der Waals surface area contributed by atoms with Gasteiger partial charge in [-0.05, 0) is 49.4 Å². The molecule has 2 rings (SSSR count). The summed E-state index contributed by atoms with van der Waals surface area (Å²) < 4.78 is 77.3. The molecule has 0 aliphatic carbocycles. The number of benzene rings is 2. The fourth-order valence-electron chi connectivity index (χ4n) is 2.22. The van der Waals surface area contributed by atoms with E-state index in [1.54, 1.807) is 0 Å². The van der Waals surface area contributed by atoms with E-state index in [0.29, 0.717) is 10.7 Å². The highest BCUT2D eigenvalue weighted by Gasteiger charge is 2.37. The molecule has 2 amide bonds. The second kappa shape index (κ2) is 8.32. The molecule has 0 saturated heterocycles. The normalized spacial score (nSPS) is 13.0. The predicted octanol–water partition coefficient (Wildman–Crippen LogP) is 5.13. The van der Waals surface area contributed by atoms with Gasteiger partial charge in [-0.2, -0.15) is 26.3 Å². The van der Waals surface area contributed by atoms with E-state index in [-0.39, 0.29) is 18.2 Å². The lowest BCUT2D eigenvalue weighted by molar-refractivity contribution is -0.143. The summed E-state index contributed by atoms with van der Waals surface area (Å²) in [4.78, 5) is 24.3. The third-order valence-corrected chi connectivity index (χ3v) is 3.95. The van der Waals surface area contributed by atoms with E-state index in [4.69, 9.17) is 11.6 Å². The van der Waals surface area contributed by atoms with Gasteiger partial charge in [0.25, 0.3) is 5.91 Å². The van der Waals surface area contributed by atoms with Gasteiger partial charge in [0, 0.05) is 16.3 Å². The van der Waals surface area contributed by atoms with Gasteiger partial charge in [0.05, 0.1) is 11.1 Å². The van der Waals surface area contributed by atoms with E-state index >= 15 is 0 Å². The summed E-state index contributed by atoms with van der Waals surface area (Å²) in [5, 5.41) is 4.91. The SMILES string of the molecule is C[C@H](NC(=O)c1cc(C(F)(F)F)cc(C(F)(F)F)c1)C(=O)Nc1ccc(Cl)cc1. The molecule has 0 aliphatic heterocycles. The summed E-state index contributed by atoms with van der Waals surface area (Å²) in [6.07, 6.45) is -10.2. The van der Waals surface area contributed by atoms with Crippen LogP contribution in [-0.2, 0) is 17.1 Å². The van der Waals surface area contributed by atoms with Crippen molar-refractivity contribution in [1.82, 2.24) is 5.32 Å². The Morgan fingerprint density at radius 3 is 1.83 bits per heavy atom. The number of carbonyl (C=O) groups excluding carboxylic acids is 2. The van der Waals surface area contributed by atoms with Gasteiger partial charge in [-0.1, -0.05) is 11.6 Å². The Morgan fingerprint density at radius 1 is 0.897 bits per heavy atom. The molecule has 0 aliphatic rings. The Kier molecular flexibility index (Phi) is 6.46. The topological polar surface area (TPSA) is 58.2 Å². The molecule has 0 spiro atoms. The summed E-state index contributed by atoms with van der Waals surface area (Å²) in [6.45, 7) is 1.22. The second-order valence-corrected chi connectivity index (χ2v) is 6.42. The third-order valence-electron chi connectivity index (χ3n) is 3.70. The minimum absolute atomic E-state index is 0.0898. The summed E-state index contributed by atoms with van der Waals surface area (Å²) in [5.41, 5.74) is -3.80. The number of nitrogens with one attached hydrogen (secondary N) is 2. The van der Waals surface area contributed by atoms with Crippen LogP contribution >= 0.6 is 11.6 Å². The molecule has 0 radical (unpaired) electrons. The highest BCUT2D eigenvalue weighted by atomic mass is 35.5. The monoisotopic (exact) mass is 438 g/mol. The lowest BCUT2D eigenvalue weighted by Gasteiger charge is -2.17. The number of alkyl halides is 6. The largest absolute Gasteiger partial charge is 0.416 e. The summed E-state index contributed by atoms with van der Waals surface area (Å²) >= 11 is 5.71. The maximum atomic E-state index is 12.9. The number of halogens is 7. The van der Waals surface area contributed by atoms with E-state index in [2.05, 4.69) is 10.6 Å². The molecule has 2 N–H and O–H groups in total. The van der Waals surface area contributed by atoms with Gasteiger partial charge in [0.1, 0.15) is 6.04 Å². The van der Waals surface area contributed by atoms with E-state index in [0.717, 1.165) is 0 Å².